The Morgan fingerprint density at radius 1 is 1.40 bits per heavy atom. The average molecular weight is 208 g/mol. The first-order chi connectivity index (χ1) is 7.25. The topological polar surface area (TPSA) is 78.1 Å². The van der Waals surface area contributed by atoms with Crippen LogP contribution in [0.4, 0.5) is 10.6 Å². The lowest BCUT2D eigenvalue weighted by Crippen LogP contribution is -2.32. The highest BCUT2D eigenvalue weighted by Crippen LogP contribution is 2.09. The molecule has 2 amide bonds. The number of urea groups is 1. The molecule has 1 saturated heterocycles. The van der Waals surface area contributed by atoms with Crippen molar-refractivity contribution in [2.75, 3.05) is 18.4 Å². The van der Waals surface area contributed by atoms with E-state index in [1.807, 2.05) is 0 Å². The van der Waals surface area contributed by atoms with Gasteiger partial charge in [0, 0.05) is 19.2 Å². The number of amides is 2. The maximum absolute atomic E-state index is 11.6. The fourth-order valence-electron chi connectivity index (χ4n) is 1.52. The molecule has 6 nitrogen and oxygen atoms in total. The first-order valence-corrected chi connectivity index (χ1v) is 4.87. The summed E-state index contributed by atoms with van der Waals surface area (Å²) in [4.78, 5) is 24.0. The number of nitrogens with zero attached hydrogens (tertiary/aromatic N) is 2. The summed E-state index contributed by atoms with van der Waals surface area (Å²) in [5.74, 6) is 0.367. The van der Waals surface area contributed by atoms with Crippen molar-refractivity contribution in [2.45, 2.75) is 12.8 Å². The van der Waals surface area contributed by atoms with Crippen molar-refractivity contribution in [3.63, 3.8) is 0 Å². The number of rotatable bonds is 1. The van der Waals surface area contributed by atoms with Crippen LogP contribution in [0.1, 0.15) is 12.8 Å². The Bertz CT molecular complexity index is 388. The zero-order chi connectivity index (χ0) is 10.7. The molecule has 80 valence electrons. The van der Waals surface area contributed by atoms with E-state index in [0.29, 0.717) is 5.82 Å². The van der Waals surface area contributed by atoms with Crippen molar-refractivity contribution < 1.29 is 4.79 Å². The Hall–Kier alpha value is -1.85. The van der Waals surface area contributed by atoms with Crippen LogP contribution in [0.3, 0.4) is 0 Å². The van der Waals surface area contributed by atoms with Gasteiger partial charge in [-0.1, -0.05) is 0 Å². The third-order valence-corrected chi connectivity index (χ3v) is 2.31. The van der Waals surface area contributed by atoms with Crippen LogP contribution in [0.5, 0.6) is 0 Å². The Labute approximate surface area is 86.3 Å². The molecule has 1 aromatic rings. The first-order valence-electron chi connectivity index (χ1n) is 4.87. The molecule has 1 fully saturated rings. The van der Waals surface area contributed by atoms with Gasteiger partial charge in [0.05, 0.1) is 0 Å². The summed E-state index contributed by atoms with van der Waals surface area (Å²) in [6, 6.07) is 2.64. The third kappa shape index (κ3) is 2.34. The molecular formula is C9H12N4O2. The molecule has 0 aliphatic carbocycles. The second-order valence-electron chi connectivity index (χ2n) is 3.43. The predicted molar refractivity (Wildman–Crippen MR) is 54.7 cm³/mol. The normalized spacial score (nSPS) is 15.3. The maximum atomic E-state index is 11.6. The largest absolute Gasteiger partial charge is 0.324 e. The first kappa shape index (κ1) is 9.70. The zero-order valence-corrected chi connectivity index (χ0v) is 8.19. The molecule has 6 heteroatoms. The molecular weight excluding hydrogens is 196 g/mol. The van der Waals surface area contributed by atoms with Gasteiger partial charge in [0.1, 0.15) is 0 Å². The number of likely N-dealkylation sites (tertiary alicyclic amines) is 1. The summed E-state index contributed by atoms with van der Waals surface area (Å²) in [6.07, 6.45) is 2.10. The number of nitrogens with one attached hydrogen (secondary N) is 2. The summed E-state index contributed by atoms with van der Waals surface area (Å²) in [6.45, 7) is 1.57. The second-order valence-corrected chi connectivity index (χ2v) is 3.43. The minimum Gasteiger partial charge on any atom is -0.324 e. The fraction of sp³-hybridized carbons (Fsp3) is 0.444. The average Bonchev–Trinajstić information content (AvgIpc) is 2.74. The molecule has 0 aromatic carbocycles. The van der Waals surface area contributed by atoms with Gasteiger partial charge in [-0.25, -0.2) is 9.89 Å². The van der Waals surface area contributed by atoms with Gasteiger partial charge < -0.3 is 4.90 Å². The molecule has 0 spiro atoms. The molecule has 0 saturated carbocycles. The highest BCUT2D eigenvalue weighted by atomic mass is 16.2. The zero-order valence-electron chi connectivity index (χ0n) is 8.19. The second kappa shape index (κ2) is 4.12. The molecule has 2 rings (SSSR count). The maximum Gasteiger partial charge on any atom is 0.323 e. The van der Waals surface area contributed by atoms with E-state index in [9.17, 15) is 9.59 Å². The number of hydrogen-bond donors (Lipinski definition) is 2. The molecule has 0 unspecified atom stereocenters. The van der Waals surface area contributed by atoms with Crippen molar-refractivity contribution in [3.8, 4) is 0 Å². The Morgan fingerprint density at radius 2 is 2.13 bits per heavy atom. The standard InChI is InChI=1S/C9H12N4O2/c14-8-4-3-7(11-12-8)10-9(15)13-5-1-2-6-13/h3-4H,1-2,5-6H2,(H,12,14)(H,10,11,15). The van der Waals surface area contributed by atoms with Crippen LogP contribution in [-0.2, 0) is 0 Å². The number of aromatic amines is 1. The van der Waals surface area contributed by atoms with Crippen LogP contribution < -0.4 is 10.9 Å². The smallest absolute Gasteiger partial charge is 0.323 e. The van der Waals surface area contributed by atoms with Crippen molar-refractivity contribution >= 4 is 11.8 Å². The Morgan fingerprint density at radius 3 is 2.73 bits per heavy atom. The summed E-state index contributed by atoms with van der Waals surface area (Å²) in [7, 11) is 0. The minimum absolute atomic E-state index is 0.160. The van der Waals surface area contributed by atoms with Crippen molar-refractivity contribution in [1.82, 2.24) is 15.1 Å². The van der Waals surface area contributed by atoms with E-state index >= 15 is 0 Å². The van der Waals surface area contributed by atoms with Crippen molar-refractivity contribution in [1.29, 1.82) is 0 Å². The van der Waals surface area contributed by atoms with Gasteiger partial charge in [-0.2, -0.15) is 5.10 Å². The summed E-state index contributed by atoms with van der Waals surface area (Å²) >= 11 is 0. The Balaban J connectivity index is 1.99. The van der Waals surface area contributed by atoms with E-state index in [1.165, 1.54) is 12.1 Å². The Kier molecular flexibility index (Phi) is 2.66. The van der Waals surface area contributed by atoms with E-state index in [0.717, 1.165) is 25.9 Å². The molecule has 0 radical (unpaired) electrons. The fourth-order valence-corrected chi connectivity index (χ4v) is 1.52. The van der Waals surface area contributed by atoms with E-state index in [-0.39, 0.29) is 11.6 Å². The van der Waals surface area contributed by atoms with Gasteiger partial charge in [-0.3, -0.25) is 10.1 Å². The lowest BCUT2D eigenvalue weighted by Gasteiger charge is -2.15. The molecule has 15 heavy (non-hydrogen) atoms. The van der Waals surface area contributed by atoms with E-state index < -0.39 is 0 Å². The predicted octanol–water partition coefficient (Wildman–Crippen LogP) is 0.398. The highest BCUT2D eigenvalue weighted by molar-refractivity contribution is 5.88. The monoisotopic (exact) mass is 208 g/mol. The summed E-state index contributed by atoms with van der Waals surface area (Å²) in [5, 5.41) is 8.57. The van der Waals surface area contributed by atoms with Crippen LogP contribution in [-0.4, -0.2) is 34.2 Å². The number of anilines is 1. The van der Waals surface area contributed by atoms with Crippen LogP contribution >= 0.6 is 0 Å². The summed E-state index contributed by atoms with van der Waals surface area (Å²) < 4.78 is 0. The molecule has 2 N–H and O–H groups in total. The van der Waals surface area contributed by atoms with Gasteiger partial charge in [0.15, 0.2) is 5.82 Å². The number of hydrogen-bond acceptors (Lipinski definition) is 3. The van der Waals surface area contributed by atoms with Crippen molar-refractivity contribution in [3.05, 3.63) is 22.5 Å². The number of H-pyrrole nitrogens is 1. The quantitative estimate of drug-likeness (QED) is 0.701. The molecule has 1 aliphatic rings. The van der Waals surface area contributed by atoms with Gasteiger partial charge in [-0.15, -0.1) is 0 Å². The van der Waals surface area contributed by atoms with Crippen molar-refractivity contribution in [2.24, 2.45) is 0 Å². The van der Waals surface area contributed by atoms with Gasteiger partial charge in [0.25, 0.3) is 5.56 Å². The number of carbonyl (C=O) groups excluding carboxylic acids is 1. The van der Waals surface area contributed by atoms with Crippen LogP contribution in [0.25, 0.3) is 0 Å². The molecule has 1 aromatic heterocycles. The molecule has 2 heterocycles. The van der Waals surface area contributed by atoms with E-state index in [4.69, 9.17) is 0 Å². The number of carbonyl (C=O) groups is 1. The molecule has 1 aliphatic heterocycles. The van der Waals surface area contributed by atoms with Crippen LogP contribution in [0, 0.1) is 0 Å². The van der Waals surface area contributed by atoms with Gasteiger partial charge in [-0.05, 0) is 18.9 Å². The van der Waals surface area contributed by atoms with E-state index in [2.05, 4.69) is 15.5 Å². The van der Waals surface area contributed by atoms with Crippen LogP contribution in [0.2, 0.25) is 0 Å². The number of aromatic nitrogens is 2. The summed E-state index contributed by atoms with van der Waals surface area (Å²) in [5.41, 5.74) is -0.283. The van der Waals surface area contributed by atoms with Gasteiger partial charge >= 0.3 is 6.03 Å². The highest BCUT2D eigenvalue weighted by Gasteiger charge is 2.17. The minimum atomic E-state index is -0.283. The lowest BCUT2D eigenvalue weighted by molar-refractivity contribution is 0.222. The van der Waals surface area contributed by atoms with Crippen LogP contribution in [0.15, 0.2) is 16.9 Å². The molecule has 0 bridgehead atoms. The van der Waals surface area contributed by atoms with Gasteiger partial charge in [0.2, 0.25) is 0 Å². The van der Waals surface area contributed by atoms with E-state index in [1.54, 1.807) is 4.90 Å². The third-order valence-electron chi connectivity index (χ3n) is 2.31. The lowest BCUT2D eigenvalue weighted by atomic mass is 10.4. The molecule has 0 atom stereocenters. The SMILES string of the molecule is O=C(Nc1ccc(=O)[nH]n1)N1CCCC1.